The molecule has 0 saturated carbocycles. The highest BCUT2D eigenvalue weighted by atomic mass is 35.5. The summed E-state index contributed by atoms with van der Waals surface area (Å²) in [6.45, 7) is 4.27. The molecule has 26 heavy (non-hydrogen) atoms. The first-order valence-corrected chi connectivity index (χ1v) is 9.59. The number of aryl methyl sites for hydroxylation is 1. The Hall–Kier alpha value is -2.06. The van der Waals surface area contributed by atoms with Crippen LogP contribution in [0.3, 0.4) is 0 Å². The molecule has 0 bridgehead atoms. The highest BCUT2D eigenvalue weighted by Gasteiger charge is 2.19. The SMILES string of the molecule is CCCCc1noc(C(C)Sc2nnc(COc3ccc(Cl)cc3)o2)n1. The molecule has 7 nitrogen and oxygen atoms in total. The second kappa shape index (κ2) is 9.05. The molecule has 0 N–H and O–H groups in total. The minimum atomic E-state index is -0.0802. The molecule has 0 radical (unpaired) electrons. The van der Waals surface area contributed by atoms with E-state index in [0.717, 1.165) is 25.1 Å². The number of thioether (sulfide) groups is 1. The lowest BCUT2D eigenvalue weighted by molar-refractivity contribution is 0.252. The van der Waals surface area contributed by atoms with Crippen LogP contribution in [0.15, 0.2) is 38.4 Å². The van der Waals surface area contributed by atoms with Gasteiger partial charge in [0.2, 0.25) is 5.89 Å². The Morgan fingerprint density at radius 1 is 1.23 bits per heavy atom. The fourth-order valence-electron chi connectivity index (χ4n) is 2.09. The van der Waals surface area contributed by atoms with Crippen molar-refractivity contribution in [2.75, 3.05) is 0 Å². The zero-order valence-electron chi connectivity index (χ0n) is 14.5. The average molecular weight is 395 g/mol. The summed E-state index contributed by atoms with van der Waals surface area (Å²) in [5.41, 5.74) is 0. The molecule has 3 rings (SSSR count). The van der Waals surface area contributed by atoms with E-state index in [9.17, 15) is 0 Å². The van der Waals surface area contributed by atoms with Crippen molar-refractivity contribution in [3.8, 4) is 5.75 Å². The summed E-state index contributed by atoms with van der Waals surface area (Å²) in [6, 6.07) is 7.07. The molecule has 0 aliphatic heterocycles. The molecular formula is C17H19ClN4O3S. The van der Waals surface area contributed by atoms with Gasteiger partial charge in [-0.1, -0.05) is 41.9 Å². The molecule has 1 aromatic carbocycles. The zero-order valence-corrected chi connectivity index (χ0v) is 16.1. The molecule has 1 unspecified atom stereocenters. The van der Waals surface area contributed by atoms with Crippen LogP contribution in [0.5, 0.6) is 5.75 Å². The minimum absolute atomic E-state index is 0.0802. The molecule has 0 aliphatic rings. The topological polar surface area (TPSA) is 87.1 Å². The molecule has 9 heteroatoms. The van der Waals surface area contributed by atoms with Crippen LogP contribution in [-0.4, -0.2) is 20.3 Å². The van der Waals surface area contributed by atoms with Crippen LogP contribution in [0, 0.1) is 0 Å². The lowest BCUT2D eigenvalue weighted by Gasteiger charge is -2.03. The van der Waals surface area contributed by atoms with E-state index in [1.807, 2.05) is 6.92 Å². The van der Waals surface area contributed by atoms with Gasteiger partial charge < -0.3 is 13.7 Å². The second-order valence-corrected chi connectivity index (χ2v) is 7.35. The number of ether oxygens (including phenoxy) is 1. The third-order valence-corrected chi connectivity index (χ3v) is 4.66. The van der Waals surface area contributed by atoms with Gasteiger partial charge in [-0.05, 0) is 37.6 Å². The third kappa shape index (κ3) is 5.22. The number of rotatable bonds is 9. The lowest BCUT2D eigenvalue weighted by atomic mass is 10.2. The van der Waals surface area contributed by atoms with E-state index in [1.54, 1.807) is 24.3 Å². The molecule has 138 valence electrons. The molecule has 2 heterocycles. The fraction of sp³-hybridized carbons (Fsp3) is 0.412. The molecule has 2 aromatic heterocycles. The van der Waals surface area contributed by atoms with Gasteiger partial charge >= 0.3 is 0 Å². The van der Waals surface area contributed by atoms with Gasteiger partial charge in [0.1, 0.15) is 5.75 Å². The predicted molar refractivity (Wildman–Crippen MR) is 97.3 cm³/mol. The van der Waals surface area contributed by atoms with Crippen LogP contribution in [0.25, 0.3) is 0 Å². The number of halogens is 1. The Balaban J connectivity index is 1.52. The van der Waals surface area contributed by atoms with Crippen LogP contribution in [0.2, 0.25) is 5.02 Å². The summed E-state index contributed by atoms with van der Waals surface area (Å²) in [5, 5.41) is 13.0. The van der Waals surface area contributed by atoms with Crippen LogP contribution < -0.4 is 4.74 Å². The normalized spacial score (nSPS) is 12.3. The van der Waals surface area contributed by atoms with Crippen LogP contribution >= 0.6 is 23.4 Å². The van der Waals surface area contributed by atoms with E-state index in [-0.39, 0.29) is 11.9 Å². The van der Waals surface area contributed by atoms with Gasteiger partial charge in [-0.3, -0.25) is 0 Å². The van der Waals surface area contributed by atoms with Crippen LogP contribution in [0.1, 0.15) is 49.5 Å². The van der Waals surface area contributed by atoms with Crippen LogP contribution in [-0.2, 0) is 13.0 Å². The van der Waals surface area contributed by atoms with E-state index in [0.29, 0.717) is 27.8 Å². The van der Waals surface area contributed by atoms with Gasteiger partial charge in [0.15, 0.2) is 12.4 Å². The Bertz CT molecular complexity index is 822. The number of nitrogens with zero attached hydrogens (tertiary/aromatic N) is 4. The van der Waals surface area contributed by atoms with E-state index >= 15 is 0 Å². The quantitative estimate of drug-likeness (QED) is 0.474. The fourth-order valence-corrected chi connectivity index (χ4v) is 2.95. The number of unbranched alkanes of at least 4 members (excludes halogenated alkanes) is 1. The summed E-state index contributed by atoms with van der Waals surface area (Å²) in [6.07, 6.45) is 2.96. The lowest BCUT2D eigenvalue weighted by Crippen LogP contribution is -1.95. The first-order valence-electron chi connectivity index (χ1n) is 8.34. The zero-order chi connectivity index (χ0) is 18.4. The standard InChI is InChI=1S/C17H19ClN4O3S/c1-3-4-5-14-19-16(25-22-14)11(2)26-17-21-20-15(24-17)10-23-13-8-6-12(18)7-9-13/h6-9,11H,3-5,10H2,1-2H3. The molecule has 0 spiro atoms. The van der Waals surface area contributed by atoms with Crippen molar-refractivity contribution < 1.29 is 13.7 Å². The van der Waals surface area contributed by atoms with Gasteiger partial charge in [-0.2, -0.15) is 4.98 Å². The van der Waals surface area contributed by atoms with Gasteiger partial charge in [0.05, 0.1) is 5.25 Å². The molecule has 3 aromatic rings. The summed E-state index contributed by atoms with van der Waals surface area (Å²) in [7, 11) is 0. The van der Waals surface area contributed by atoms with E-state index in [1.165, 1.54) is 11.8 Å². The van der Waals surface area contributed by atoms with E-state index < -0.39 is 0 Å². The maximum Gasteiger partial charge on any atom is 0.277 e. The van der Waals surface area contributed by atoms with Crippen molar-refractivity contribution in [2.24, 2.45) is 0 Å². The minimum Gasteiger partial charge on any atom is -0.484 e. The van der Waals surface area contributed by atoms with Crippen molar-refractivity contribution >= 4 is 23.4 Å². The molecular weight excluding hydrogens is 376 g/mol. The largest absolute Gasteiger partial charge is 0.484 e. The highest BCUT2D eigenvalue weighted by Crippen LogP contribution is 2.33. The second-order valence-electron chi connectivity index (χ2n) is 5.62. The van der Waals surface area contributed by atoms with Gasteiger partial charge in [0, 0.05) is 11.4 Å². The summed E-state index contributed by atoms with van der Waals surface area (Å²) < 4.78 is 16.5. The van der Waals surface area contributed by atoms with Crippen molar-refractivity contribution in [3.63, 3.8) is 0 Å². The number of hydrogen-bond donors (Lipinski definition) is 0. The van der Waals surface area contributed by atoms with Crippen molar-refractivity contribution in [1.82, 2.24) is 20.3 Å². The van der Waals surface area contributed by atoms with E-state index in [2.05, 4.69) is 27.3 Å². The first-order chi connectivity index (χ1) is 12.6. The van der Waals surface area contributed by atoms with Crippen molar-refractivity contribution in [2.45, 2.75) is 50.2 Å². The summed E-state index contributed by atoms with van der Waals surface area (Å²) >= 11 is 7.21. The Labute approximate surface area is 160 Å². The number of hydrogen-bond acceptors (Lipinski definition) is 8. The Kier molecular flexibility index (Phi) is 6.51. The molecule has 0 aliphatic carbocycles. The highest BCUT2D eigenvalue weighted by molar-refractivity contribution is 7.99. The number of aromatic nitrogens is 4. The predicted octanol–water partition coefficient (Wildman–Crippen LogP) is 4.88. The van der Waals surface area contributed by atoms with Crippen molar-refractivity contribution in [3.05, 3.63) is 46.9 Å². The smallest absolute Gasteiger partial charge is 0.277 e. The van der Waals surface area contributed by atoms with Gasteiger partial charge in [-0.25, -0.2) is 0 Å². The molecule has 1 atom stereocenters. The maximum absolute atomic E-state index is 5.84. The maximum atomic E-state index is 5.84. The first kappa shape index (κ1) is 18.7. The van der Waals surface area contributed by atoms with Gasteiger partial charge in [-0.15, -0.1) is 10.2 Å². The molecule has 0 saturated heterocycles. The Morgan fingerprint density at radius 2 is 2.04 bits per heavy atom. The molecule has 0 amide bonds. The summed E-state index contributed by atoms with van der Waals surface area (Å²) in [4.78, 5) is 4.41. The van der Waals surface area contributed by atoms with Gasteiger partial charge in [0.25, 0.3) is 11.1 Å². The van der Waals surface area contributed by atoms with Crippen molar-refractivity contribution in [1.29, 1.82) is 0 Å². The van der Waals surface area contributed by atoms with E-state index in [4.69, 9.17) is 25.3 Å². The summed E-state index contributed by atoms with van der Waals surface area (Å²) in [5.74, 6) is 2.36. The van der Waals surface area contributed by atoms with Crippen LogP contribution in [0.4, 0.5) is 0 Å². The Morgan fingerprint density at radius 3 is 2.81 bits per heavy atom. The third-order valence-electron chi connectivity index (χ3n) is 3.49. The average Bonchev–Trinajstić information content (AvgIpc) is 3.29. The molecule has 0 fully saturated rings. The number of benzene rings is 1. The monoisotopic (exact) mass is 394 g/mol.